The number of aromatic nitrogens is 2. The minimum atomic E-state index is -4.14. The molecule has 10 heteroatoms. The molecule has 1 amide bonds. The van der Waals surface area contributed by atoms with E-state index in [-0.39, 0.29) is 28.7 Å². The van der Waals surface area contributed by atoms with Crippen LogP contribution >= 0.6 is 0 Å². The van der Waals surface area contributed by atoms with Gasteiger partial charge in [-0.1, -0.05) is 24.3 Å². The van der Waals surface area contributed by atoms with Crippen LogP contribution in [0.5, 0.6) is 0 Å². The van der Waals surface area contributed by atoms with Gasteiger partial charge in [-0.15, -0.1) is 0 Å². The molecule has 9 nitrogen and oxygen atoms in total. The maximum atomic E-state index is 13.3. The highest BCUT2D eigenvalue weighted by Gasteiger charge is 2.29. The number of carbonyl (C=O) groups is 1. The van der Waals surface area contributed by atoms with Gasteiger partial charge in [0.05, 0.1) is 28.5 Å². The number of ether oxygens (including phenoxy) is 1. The molecular formula is C25H30N4O5S. The maximum absolute atomic E-state index is 13.3. The molecule has 0 spiro atoms. The average Bonchev–Trinajstić information content (AvgIpc) is 3.01. The Morgan fingerprint density at radius 3 is 2.29 bits per heavy atom. The topological polar surface area (TPSA) is 103 Å². The van der Waals surface area contributed by atoms with Gasteiger partial charge in [0.15, 0.2) is 0 Å². The lowest BCUT2D eigenvalue weighted by Gasteiger charge is -2.35. The Bertz CT molecular complexity index is 1420. The lowest BCUT2D eigenvalue weighted by Crippen LogP contribution is -2.48. The summed E-state index contributed by atoms with van der Waals surface area (Å²) in [5, 5.41) is 0. The zero-order chi connectivity index (χ0) is 25.5. The highest BCUT2D eigenvalue weighted by Crippen LogP contribution is 2.23. The molecule has 1 saturated heterocycles. The van der Waals surface area contributed by atoms with E-state index in [1.165, 1.54) is 16.8 Å². The standard InChI is InChI=1S/C25H30N4O5S/c1-16-11-12-21(13-22(16)24(30)28-14-17(2)34-18(3)15-28)35(32,33)26-23-19(4)27(5)29(25(23)31)20-9-7-6-8-10-20/h6-13,17-18,26H,14-15H2,1-5H3. The fourth-order valence-corrected chi connectivity index (χ4v) is 5.53. The Morgan fingerprint density at radius 1 is 1.03 bits per heavy atom. The number of amides is 1. The Labute approximate surface area is 205 Å². The van der Waals surface area contributed by atoms with E-state index in [1.807, 2.05) is 19.9 Å². The van der Waals surface area contributed by atoms with Crippen LogP contribution in [-0.4, -0.2) is 53.9 Å². The summed E-state index contributed by atoms with van der Waals surface area (Å²) in [5.74, 6) is -0.246. The van der Waals surface area contributed by atoms with Gasteiger partial charge in [-0.2, -0.15) is 0 Å². The van der Waals surface area contributed by atoms with Crippen LogP contribution in [0.3, 0.4) is 0 Å². The summed E-state index contributed by atoms with van der Waals surface area (Å²) < 4.78 is 37.8. The molecule has 0 bridgehead atoms. The highest BCUT2D eigenvalue weighted by molar-refractivity contribution is 7.92. The first-order valence-corrected chi connectivity index (χ1v) is 12.9. The number of hydrogen-bond donors (Lipinski definition) is 1. The lowest BCUT2D eigenvalue weighted by atomic mass is 10.1. The van der Waals surface area contributed by atoms with E-state index in [0.29, 0.717) is 35.6 Å². The first-order chi connectivity index (χ1) is 16.5. The van der Waals surface area contributed by atoms with Gasteiger partial charge in [-0.3, -0.25) is 19.0 Å². The molecule has 1 aromatic heterocycles. The monoisotopic (exact) mass is 498 g/mol. The Balaban J connectivity index is 1.68. The van der Waals surface area contributed by atoms with Gasteiger partial charge in [0.25, 0.3) is 21.5 Å². The minimum absolute atomic E-state index is 0.0411. The van der Waals surface area contributed by atoms with Gasteiger partial charge in [-0.25, -0.2) is 13.1 Å². The van der Waals surface area contributed by atoms with Gasteiger partial charge < -0.3 is 9.64 Å². The minimum Gasteiger partial charge on any atom is -0.372 e. The fourth-order valence-electron chi connectivity index (χ4n) is 4.39. The molecule has 1 N–H and O–H groups in total. The van der Waals surface area contributed by atoms with Crippen LogP contribution in [0, 0.1) is 13.8 Å². The van der Waals surface area contributed by atoms with Crippen molar-refractivity contribution in [1.29, 1.82) is 0 Å². The van der Waals surface area contributed by atoms with Crippen LogP contribution in [0.25, 0.3) is 5.69 Å². The van der Waals surface area contributed by atoms with Crippen LogP contribution in [0.2, 0.25) is 0 Å². The van der Waals surface area contributed by atoms with Crippen LogP contribution in [0.4, 0.5) is 5.69 Å². The Morgan fingerprint density at radius 2 is 1.66 bits per heavy atom. The summed E-state index contributed by atoms with van der Waals surface area (Å²) in [7, 11) is -2.45. The predicted octanol–water partition coefficient (Wildman–Crippen LogP) is 2.84. The third kappa shape index (κ3) is 4.76. The molecule has 2 atom stereocenters. The molecule has 1 fully saturated rings. The van der Waals surface area contributed by atoms with Gasteiger partial charge >= 0.3 is 0 Å². The number of sulfonamides is 1. The van der Waals surface area contributed by atoms with Gasteiger partial charge in [0.1, 0.15) is 5.69 Å². The van der Waals surface area contributed by atoms with Crippen molar-refractivity contribution < 1.29 is 17.9 Å². The van der Waals surface area contributed by atoms with E-state index in [1.54, 1.807) is 60.8 Å². The molecule has 1 aliphatic heterocycles. The fraction of sp³-hybridized carbons (Fsp3) is 0.360. The number of nitrogens with zero attached hydrogens (tertiary/aromatic N) is 3. The second-order valence-electron chi connectivity index (χ2n) is 8.99. The van der Waals surface area contributed by atoms with Crippen molar-refractivity contribution in [2.24, 2.45) is 7.05 Å². The van der Waals surface area contributed by atoms with Gasteiger partial charge in [0, 0.05) is 25.7 Å². The normalized spacial score (nSPS) is 18.5. The second kappa shape index (κ2) is 9.35. The van der Waals surface area contributed by atoms with Gasteiger partial charge in [0.2, 0.25) is 0 Å². The average molecular weight is 499 g/mol. The van der Waals surface area contributed by atoms with E-state index in [9.17, 15) is 18.0 Å². The van der Waals surface area contributed by atoms with Crippen LogP contribution in [0.1, 0.15) is 35.5 Å². The first kappa shape index (κ1) is 24.7. The van der Waals surface area contributed by atoms with Crippen molar-refractivity contribution in [3.05, 3.63) is 75.7 Å². The molecule has 1 aliphatic rings. The quantitative estimate of drug-likeness (QED) is 0.583. The molecule has 0 saturated carbocycles. The van der Waals surface area contributed by atoms with Crippen molar-refractivity contribution in [2.75, 3.05) is 17.8 Å². The van der Waals surface area contributed by atoms with Crippen molar-refractivity contribution in [2.45, 2.75) is 44.8 Å². The summed E-state index contributed by atoms with van der Waals surface area (Å²) in [6, 6.07) is 13.4. The number of hydrogen-bond acceptors (Lipinski definition) is 5. The number of morpholine rings is 1. The van der Waals surface area contributed by atoms with Gasteiger partial charge in [-0.05, 0) is 57.5 Å². The molecule has 2 heterocycles. The summed E-state index contributed by atoms with van der Waals surface area (Å²) in [6.45, 7) is 8.10. The van der Waals surface area contributed by atoms with Crippen molar-refractivity contribution in [1.82, 2.24) is 14.3 Å². The smallest absolute Gasteiger partial charge is 0.296 e. The van der Waals surface area contributed by atoms with Crippen molar-refractivity contribution in [3.8, 4) is 5.69 Å². The zero-order valence-electron chi connectivity index (χ0n) is 20.5. The number of anilines is 1. The van der Waals surface area contributed by atoms with E-state index in [2.05, 4.69) is 4.72 Å². The first-order valence-electron chi connectivity index (χ1n) is 11.4. The highest BCUT2D eigenvalue weighted by atomic mass is 32.2. The Kier molecular flexibility index (Phi) is 6.61. The number of nitrogens with one attached hydrogen (secondary N) is 1. The molecular weight excluding hydrogens is 468 g/mol. The number of carbonyl (C=O) groups excluding carboxylic acids is 1. The van der Waals surface area contributed by atoms with Crippen molar-refractivity contribution in [3.63, 3.8) is 0 Å². The number of benzene rings is 2. The molecule has 35 heavy (non-hydrogen) atoms. The van der Waals surface area contributed by atoms with E-state index in [4.69, 9.17) is 4.74 Å². The molecule has 0 aliphatic carbocycles. The van der Waals surface area contributed by atoms with E-state index < -0.39 is 15.6 Å². The summed E-state index contributed by atoms with van der Waals surface area (Å²) in [5.41, 5.74) is 1.52. The van der Waals surface area contributed by atoms with Crippen LogP contribution < -0.4 is 10.3 Å². The number of para-hydroxylation sites is 1. The van der Waals surface area contributed by atoms with Crippen LogP contribution in [-0.2, 0) is 21.8 Å². The molecule has 2 aromatic carbocycles. The van der Waals surface area contributed by atoms with E-state index >= 15 is 0 Å². The van der Waals surface area contributed by atoms with Crippen LogP contribution in [0.15, 0.2) is 58.2 Å². The third-order valence-corrected chi connectivity index (χ3v) is 7.59. The Hall–Kier alpha value is -3.37. The zero-order valence-corrected chi connectivity index (χ0v) is 21.3. The summed E-state index contributed by atoms with van der Waals surface area (Å²) in [6.07, 6.45) is -0.214. The largest absolute Gasteiger partial charge is 0.372 e. The lowest BCUT2D eigenvalue weighted by molar-refractivity contribution is -0.0586. The van der Waals surface area contributed by atoms with E-state index in [0.717, 1.165) is 0 Å². The third-order valence-electron chi connectivity index (χ3n) is 6.25. The maximum Gasteiger partial charge on any atom is 0.296 e. The summed E-state index contributed by atoms with van der Waals surface area (Å²) in [4.78, 5) is 28.0. The number of rotatable bonds is 5. The predicted molar refractivity (Wildman–Crippen MR) is 134 cm³/mol. The van der Waals surface area contributed by atoms with Crippen molar-refractivity contribution >= 4 is 21.6 Å². The summed E-state index contributed by atoms with van der Waals surface area (Å²) >= 11 is 0. The second-order valence-corrected chi connectivity index (χ2v) is 10.7. The molecule has 2 unspecified atom stereocenters. The molecule has 0 radical (unpaired) electrons. The molecule has 186 valence electrons. The SMILES string of the molecule is Cc1ccc(S(=O)(=O)Nc2c(C)n(C)n(-c3ccccc3)c2=O)cc1C(=O)N1CC(C)OC(C)C1. The molecule has 3 aromatic rings. The number of aryl methyl sites for hydroxylation is 1. The molecule has 4 rings (SSSR count).